The Bertz CT molecular complexity index is 2680. The largest absolute Gasteiger partial charge is 0.307 e. The van der Waals surface area contributed by atoms with Gasteiger partial charge in [-0.25, -0.2) is 0 Å². The summed E-state index contributed by atoms with van der Waals surface area (Å²) in [5, 5.41) is 6.71. The predicted molar refractivity (Wildman–Crippen MR) is 226 cm³/mol. The lowest BCUT2D eigenvalue weighted by Gasteiger charge is -2.35. The minimum Gasteiger partial charge on any atom is -0.307 e. The lowest BCUT2D eigenvalue weighted by atomic mass is 9.86. The number of hydrogen-bond acceptors (Lipinski definition) is 3. The number of benzene rings is 6. The van der Waals surface area contributed by atoms with Crippen LogP contribution in [0.3, 0.4) is 0 Å². The van der Waals surface area contributed by atoms with Gasteiger partial charge in [-0.1, -0.05) is 114 Å². The van der Waals surface area contributed by atoms with Crippen molar-refractivity contribution in [1.82, 2.24) is 4.57 Å². The smallest absolute Gasteiger partial charge is 0.0887 e. The van der Waals surface area contributed by atoms with Gasteiger partial charge in [-0.2, -0.15) is 0 Å². The van der Waals surface area contributed by atoms with Crippen LogP contribution in [0.4, 0.5) is 34.1 Å². The number of hydrogen-bond donors (Lipinski definition) is 0. The third-order valence-corrected chi connectivity index (χ3v) is 11.9. The third-order valence-electron chi connectivity index (χ3n) is 10.6. The maximum atomic E-state index is 7.85. The highest BCUT2D eigenvalue weighted by molar-refractivity contribution is 7.17. The molecular formula is C47H42ClN3S. The van der Waals surface area contributed by atoms with E-state index in [2.05, 4.69) is 190 Å². The normalized spacial score (nSPS) is 13.0. The van der Waals surface area contributed by atoms with Crippen LogP contribution < -0.4 is 9.80 Å². The van der Waals surface area contributed by atoms with E-state index in [1.807, 2.05) is 0 Å². The molecule has 0 fully saturated rings. The van der Waals surface area contributed by atoms with Gasteiger partial charge in [0.2, 0.25) is 0 Å². The van der Waals surface area contributed by atoms with Gasteiger partial charge >= 0.3 is 0 Å². The molecule has 0 radical (unpaired) electrons. The first-order chi connectivity index (χ1) is 24.9. The summed E-state index contributed by atoms with van der Waals surface area (Å²) >= 11 is 9.64. The van der Waals surface area contributed by atoms with Crippen LogP contribution in [0.2, 0.25) is 5.02 Å². The van der Waals surface area contributed by atoms with Crippen LogP contribution in [0.15, 0.2) is 127 Å². The number of anilines is 6. The minimum absolute atomic E-state index is 0.0197. The fourth-order valence-electron chi connectivity index (χ4n) is 7.89. The quantitative estimate of drug-likeness (QED) is 0.180. The molecule has 0 aliphatic carbocycles. The second kappa shape index (κ2) is 11.7. The molecule has 1 aliphatic rings. The van der Waals surface area contributed by atoms with Crippen molar-refractivity contribution in [3.05, 3.63) is 148 Å². The zero-order valence-electron chi connectivity index (χ0n) is 30.8. The molecule has 0 saturated heterocycles. The molecule has 0 spiro atoms. The molecule has 3 heterocycles. The van der Waals surface area contributed by atoms with Gasteiger partial charge < -0.3 is 14.4 Å². The van der Waals surface area contributed by atoms with E-state index in [1.165, 1.54) is 43.0 Å². The Balaban J connectivity index is 1.32. The van der Waals surface area contributed by atoms with E-state index in [1.54, 1.807) is 11.3 Å². The molecule has 52 heavy (non-hydrogen) atoms. The van der Waals surface area contributed by atoms with Gasteiger partial charge in [-0.3, -0.25) is 0 Å². The highest BCUT2D eigenvalue weighted by atomic mass is 35.5. The molecule has 0 unspecified atom stereocenters. The molecule has 6 aromatic carbocycles. The van der Waals surface area contributed by atoms with Crippen molar-refractivity contribution in [3.8, 4) is 5.69 Å². The van der Waals surface area contributed by atoms with Gasteiger partial charge in [-0.05, 0) is 95.1 Å². The second-order valence-electron chi connectivity index (χ2n) is 16.2. The molecule has 9 rings (SSSR count). The molecule has 258 valence electrons. The number of aryl methyl sites for hydroxylation is 1. The van der Waals surface area contributed by atoms with Crippen molar-refractivity contribution in [2.24, 2.45) is 0 Å². The minimum atomic E-state index is 0.0197. The molecule has 2 aromatic heterocycles. The number of fused-ring (bicyclic) bond motifs is 6. The van der Waals surface area contributed by atoms with Gasteiger partial charge in [0.05, 0.1) is 50.2 Å². The molecule has 0 bridgehead atoms. The van der Waals surface area contributed by atoms with Crippen LogP contribution in [-0.2, 0) is 10.8 Å². The van der Waals surface area contributed by atoms with Crippen molar-refractivity contribution in [1.29, 1.82) is 0 Å². The SMILES string of the molecule is Cc1cc(N(c2ccc(C(C)(C)C)cc2)c2csc3ccc(C(C)(C)C)cc23)c(Cl)c(N2c3ccccc3-n3c4ccccc4c4cccc2c43)c1. The van der Waals surface area contributed by atoms with Gasteiger partial charge in [0, 0.05) is 31.9 Å². The second-order valence-corrected chi connectivity index (χ2v) is 17.5. The summed E-state index contributed by atoms with van der Waals surface area (Å²) in [6.07, 6.45) is 0. The number of aromatic nitrogens is 1. The van der Waals surface area contributed by atoms with Crippen molar-refractivity contribution < 1.29 is 0 Å². The van der Waals surface area contributed by atoms with Crippen LogP contribution in [0.5, 0.6) is 0 Å². The standard InChI is InChI=1S/C47H42ClN3S/c1-29-25-40(49(32-22-19-30(20-23-32)46(2,3)4)42-28-52-43-24-21-31(27-35(42)43)47(5,6)7)44(48)41(26-29)50-37-16-10-11-17-38(37)51-36-15-9-8-13-33(36)34-14-12-18-39(50)45(34)51/h8-28H,1-7H3. The number of rotatable bonds is 4. The lowest BCUT2D eigenvalue weighted by molar-refractivity contribution is 0.590. The summed E-state index contributed by atoms with van der Waals surface area (Å²) in [4.78, 5) is 4.75. The summed E-state index contributed by atoms with van der Waals surface area (Å²) in [7, 11) is 0. The Morgan fingerprint density at radius 3 is 1.98 bits per heavy atom. The van der Waals surface area contributed by atoms with Crippen molar-refractivity contribution >= 4 is 89.0 Å². The van der Waals surface area contributed by atoms with E-state index in [0.29, 0.717) is 5.02 Å². The van der Waals surface area contributed by atoms with Crippen LogP contribution in [0, 0.1) is 6.92 Å². The molecule has 0 atom stereocenters. The zero-order valence-corrected chi connectivity index (χ0v) is 32.3. The van der Waals surface area contributed by atoms with Crippen LogP contribution in [0.25, 0.3) is 37.6 Å². The Morgan fingerprint density at radius 2 is 1.23 bits per heavy atom. The summed E-state index contributed by atoms with van der Waals surface area (Å²) in [6.45, 7) is 15.8. The van der Waals surface area contributed by atoms with Crippen LogP contribution in [0.1, 0.15) is 58.2 Å². The van der Waals surface area contributed by atoms with E-state index in [9.17, 15) is 0 Å². The molecule has 3 nitrogen and oxygen atoms in total. The van der Waals surface area contributed by atoms with E-state index < -0.39 is 0 Å². The van der Waals surface area contributed by atoms with E-state index >= 15 is 0 Å². The Labute approximate surface area is 315 Å². The first kappa shape index (κ1) is 32.8. The Kier molecular flexibility index (Phi) is 7.42. The van der Waals surface area contributed by atoms with E-state index in [4.69, 9.17) is 11.6 Å². The number of thiophene rings is 1. The van der Waals surface area contributed by atoms with Gasteiger partial charge in [0.1, 0.15) is 0 Å². The van der Waals surface area contributed by atoms with Crippen LogP contribution in [-0.4, -0.2) is 4.57 Å². The molecule has 0 N–H and O–H groups in total. The first-order valence-corrected chi connectivity index (χ1v) is 19.3. The third kappa shape index (κ3) is 5.07. The highest BCUT2D eigenvalue weighted by Gasteiger charge is 2.31. The first-order valence-electron chi connectivity index (χ1n) is 18.0. The molecule has 5 heteroatoms. The number of nitrogens with zero attached hydrogens (tertiary/aromatic N) is 3. The molecular weight excluding hydrogens is 674 g/mol. The Hall–Kier alpha value is -5.03. The lowest BCUT2D eigenvalue weighted by Crippen LogP contribution is -2.19. The highest BCUT2D eigenvalue weighted by Crippen LogP contribution is 2.54. The molecule has 0 saturated carbocycles. The van der Waals surface area contributed by atoms with Crippen molar-refractivity contribution in [3.63, 3.8) is 0 Å². The van der Waals surface area contributed by atoms with Gasteiger partial charge in [0.25, 0.3) is 0 Å². The number of para-hydroxylation sites is 4. The predicted octanol–water partition coefficient (Wildman–Crippen LogP) is 14.8. The van der Waals surface area contributed by atoms with Crippen molar-refractivity contribution in [2.75, 3.05) is 9.80 Å². The maximum Gasteiger partial charge on any atom is 0.0887 e. The summed E-state index contributed by atoms with van der Waals surface area (Å²) in [6, 6.07) is 44.5. The monoisotopic (exact) mass is 715 g/mol. The van der Waals surface area contributed by atoms with E-state index in [0.717, 1.165) is 45.4 Å². The Morgan fingerprint density at radius 1 is 0.577 bits per heavy atom. The van der Waals surface area contributed by atoms with E-state index in [-0.39, 0.29) is 10.8 Å². The fourth-order valence-corrected chi connectivity index (χ4v) is 9.08. The van der Waals surface area contributed by atoms with Gasteiger partial charge in [-0.15, -0.1) is 11.3 Å². The van der Waals surface area contributed by atoms with Crippen molar-refractivity contribution in [2.45, 2.75) is 59.3 Å². The zero-order chi connectivity index (χ0) is 36.1. The van der Waals surface area contributed by atoms with Gasteiger partial charge in [0.15, 0.2) is 0 Å². The summed E-state index contributed by atoms with van der Waals surface area (Å²) < 4.78 is 3.68. The average molecular weight is 716 g/mol. The molecule has 1 aliphatic heterocycles. The number of halogens is 1. The average Bonchev–Trinajstić information content (AvgIpc) is 3.70. The summed E-state index contributed by atoms with van der Waals surface area (Å²) in [5.41, 5.74) is 13.7. The molecule has 0 amide bonds. The fraction of sp³-hybridized carbons (Fsp3) is 0.191. The maximum absolute atomic E-state index is 7.85. The molecule has 8 aromatic rings. The van der Waals surface area contributed by atoms with Crippen LogP contribution >= 0.6 is 22.9 Å². The summed E-state index contributed by atoms with van der Waals surface area (Å²) in [5.74, 6) is 0. The topological polar surface area (TPSA) is 11.4 Å².